The zero-order valence-electron chi connectivity index (χ0n) is 23.3. The van der Waals surface area contributed by atoms with Crippen LogP contribution in [0.25, 0.3) is 11.5 Å². The molecular weight excluding hydrogens is 516 g/mol. The molecule has 0 spiro atoms. The predicted octanol–water partition coefficient (Wildman–Crippen LogP) is 5.47. The molecule has 1 fully saturated rings. The number of amides is 1. The van der Waals surface area contributed by atoms with Gasteiger partial charge in [0, 0.05) is 49.9 Å². The molecular formula is C32H32N6O3. The van der Waals surface area contributed by atoms with E-state index in [4.69, 9.17) is 19.4 Å². The van der Waals surface area contributed by atoms with Crippen LogP contribution < -0.4 is 10.2 Å². The van der Waals surface area contributed by atoms with E-state index in [0.29, 0.717) is 48.4 Å². The molecule has 1 N–H and O–H groups in total. The van der Waals surface area contributed by atoms with Gasteiger partial charge in [0.25, 0.3) is 5.91 Å². The van der Waals surface area contributed by atoms with Crippen molar-refractivity contribution in [3.63, 3.8) is 0 Å². The second-order valence-electron chi connectivity index (χ2n) is 10.5. The first-order chi connectivity index (χ1) is 20.0. The van der Waals surface area contributed by atoms with Crippen molar-refractivity contribution in [3.8, 4) is 17.5 Å². The first kappa shape index (κ1) is 26.5. The number of anilines is 3. The van der Waals surface area contributed by atoms with Gasteiger partial charge in [0.1, 0.15) is 11.5 Å². The summed E-state index contributed by atoms with van der Waals surface area (Å²) in [6.45, 7) is 4.93. The Bertz CT molecular complexity index is 1580. The molecule has 0 bridgehead atoms. The van der Waals surface area contributed by atoms with Crippen molar-refractivity contribution in [1.29, 1.82) is 5.26 Å². The van der Waals surface area contributed by atoms with Crippen LogP contribution in [0.15, 0.2) is 65.2 Å². The van der Waals surface area contributed by atoms with Crippen molar-refractivity contribution in [2.45, 2.75) is 38.8 Å². The molecule has 9 heteroatoms. The highest BCUT2D eigenvalue weighted by molar-refractivity contribution is 5.94. The van der Waals surface area contributed by atoms with E-state index >= 15 is 0 Å². The Hall–Kier alpha value is -4.68. The fourth-order valence-corrected chi connectivity index (χ4v) is 5.47. The van der Waals surface area contributed by atoms with Gasteiger partial charge < -0.3 is 24.3 Å². The van der Waals surface area contributed by atoms with E-state index in [1.807, 2.05) is 25.1 Å². The third-order valence-corrected chi connectivity index (χ3v) is 7.90. The van der Waals surface area contributed by atoms with Crippen LogP contribution in [0.3, 0.4) is 0 Å². The van der Waals surface area contributed by atoms with E-state index in [-0.39, 0.29) is 5.91 Å². The normalized spacial score (nSPS) is 15.3. The minimum absolute atomic E-state index is 0.0757. The molecule has 9 nitrogen and oxygen atoms in total. The number of carbonyl (C=O) groups is 1. The molecule has 2 aromatic heterocycles. The molecule has 4 heterocycles. The maximum Gasteiger partial charge on any atom is 0.254 e. The Morgan fingerprint density at radius 2 is 1.85 bits per heavy atom. The third kappa shape index (κ3) is 5.65. The summed E-state index contributed by atoms with van der Waals surface area (Å²) >= 11 is 0. The van der Waals surface area contributed by atoms with Crippen molar-refractivity contribution in [2.75, 3.05) is 37.0 Å². The number of nitriles is 1. The van der Waals surface area contributed by atoms with Gasteiger partial charge in [-0.15, -0.1) is 0 Å². The number of aromatic nitrogens is 2. The van der Waals surface area contributed by atoms with Gasteiger partial charge in [0.05, 0.1) is 24.3 Å². The number of methoxy groups -OCH3 is 1. The second-order valence-corrected chi connectivity index (χ2v) is 10.5. The fraction of sp³-hybridized carbons (Fsp3) is 0.312. The molecule has 6 rings (SSSR count). The number of piperidine rings is 1. The van der Waals surface area contributed by atoms with Crippen molar-refractivity contribution < 1.29 is 13.9 Å². The lowest BCUT2D eigenvalue weighted by atomic mass is 10.1. The van der Waals surface area contributed by atoms with E-state index < -0.39 is 0 Å². The minimum atomic E-state index is -0.0757. The Labute approximate surface area is 239 Å². The highest BCUT2D eigenvalue weighted by Gasteiger charge is 2.26. The zero-order valence-corrected chi connectivity index (χ0v) is 23.3. The van der Waals surface area contributed by atoms with Crippen molar-refractivity contribution in [2.24, 2.45) is 0 Å². The molecule has 0 aliphatic carbocycles. The summed E-state index contributed by atoms with van der Waals surface area (Å²) in [4.78, 5) is 26.5. The summed E-state index contributed by atoms with van der Waals surface area (Å²) in [7, 11) is 1.79. The number of furan rings is 1. The lowest BCUT2D eigenvalue weighted by molar-refractivity contribution is 0.0720. The van der Waals surface area contributed by atoms with Crippen LogP contribution in [0.2, 0.25) is 0 Å². The van der Waals surface area contributed by atoms with Crippen LogP contribution in [-0.4, -0.2) is 53.6 Å². The van der Waals surface area contributed by atoms with Crippen molar-refractivity contribution in [3.05, 3.63) is 88.8 Å². The van der Waals surface area contributed by atoms with Gasteiger partial charge in [-0.05, 0) is 91.9 Å². The molecule has 41 heavy (non-hydrogen) atoms. The van der Waals surface area contributed by atoms with Crippen LogP contribution >= 0.6 is 0 Å². The summed E-state index contributed by atoms with van der Waals surface area (Å²) in [6, 6.07) is 19.2. The van der Waals surface area contributed by atoms with Gasteiger partial charge in [-0.1, -0.05) is 0 Å². The minimum Gasteiger partial charge on any atom is -0.457 e. The molecule has 0 saturated carbocycles. The zero-order chi connectivity index (χ0) is 28.3. The molecule has 2 aromatic carbocycles. The maximum atomic E-state index is 13.1. The van der Waals surface area contributed by atoms with E-state index in [0.717, 1.165) is 54.2 Å². The molecule has 208 valence electrons. The largest absolute Gasteiger partial charge is 0.457 e. The maximum absolute atomic E-state index is 13.1. The Morgan fingerprint density at radius 3 is 2.56 bits per heavy atom. The van der Waals surface area contributed by atoms with Crippen LogP contribution in [0.1, 0.15) is 45.7 Å². The van der Waals surface area contributed by atoms with Crippen LogP contribution in [0.5, 0.6) is 0 Å². The van der Waals surface area contributed by atoms with E-state index in [9.17, 15) is 4.79 Å². The van der Waals surface area contributed by atoms with Crippen LogP contribution in [0.4, 0.5) is 17.3 Å². The lowest BCUT2D eigenvalue weighted by Crippen LogP contribution is -2.36. The molecule has 2 aliphatic heterocycles. The number of rotatable bonds is 6. The van der Waals surface area contributed by atoms with Crippen LogP contribution in [0, 0.1) is 18.3 Å². The third-order valence-electron chi connectivity index (χ3n) is 7.90. The van der Waals surface area contributed by atoms with Gasteiger partial charge in [-0.25, -0.2) is 9.97 Å². The molecule has 0 unspecified atom stereocenters. The Balaban J connectivity index is 1.14. The summed E-state index contributed by atoms with van der Waals surface area (Å²) in [5, 5.41) is 12.3. The number of nitrogens with zero attached hydrogens (tertiary/aromatic N) is 5. The van der Waals surface area contributed by atoms with Gasteiger partial charge >= 0.3 is 0 Å². The number of carbonyl (C=O) groups excluding carboxylic acids is 1. The molecule has 1 saturated heterocycles. The molecule has 0 atom stereocenters. The van der Waals surface area contributed by atoms with Gasteiger partial charge in [-0.2, -0.15) is 5.26 Å². The summed E-state index contributed by atoms with van der Waals surface area (Å²) in [6.07, 6.45) is 4.93. The Morgan fingerprint density at radius 1 is 1.10 bits per heavy atom. The summed E-state index contributed by atoms with van der Waals surface area (Å²) in [5.74, 6) is 1.85. The number of hydrogen-bond acceptors (Lipinski definition) is 8. The fourth-order valence-electron chi connectivity index (χ4n) is 5.47. The van der Waals surface area contributed by atoms with Crippen LogP contribution in [-0.2, 0) is 17.7 Å². The first-order valence-corrected chi connectivity index (χ1v) is 13.9. The average molecular weight is 549 g/mol. The number of aryl methyl sites for hydroxylation is 1. The molecule has 4 aromatic rings. The molecule has 1 amide bonds. The second kappa shape index (κ2) is 11.4. The van der Waals surface area contributed by atoms with Crippen molar-refractivity contribution in [1.82, 2.24) is 14.9 Å². The number of nitrogens with one attached hydrogen (secondary N) is 1. The Kier molecular flexibility index (Phi) is 7.40. The lowest BCUT2D eigenvalue weighted by Gasteiger charge is -2.33. The van der Waals surface area contributed by atoms with Gasteiger partial charge in [0.2, 0.25) is 5.95 Å². The van der Waals surface area contributed by atoms with Crippen molar-refractivity contribution >= 4 is 23.2 Å². The average Bonchev–Trinajstić information content (AvgIpc) is 3.45. The molecule has 0 radical (unpaired) electrons. The number of benzene rings is 2. The van der Waals surface area contributed by atoms with E-state index in [2.05, 4.69) is 33.4 Å². The highest BCUT2D eigenvalue weighted by Crippen LogP contribution is 2.32. The highest BCUT2D eigenvalue weighted by atomic mass is 16.5. The number of hydrogen-bond donors (Lipinski definition) is 1. The monoisotopic (exact) mass is 548 g/mol. The SMILES string of the molecule is COC1CCN(c2ccc(Nc3ncc(C)c(-c4cc5c(o4)CN(C(=O)c4ccc(C#N)cc4)CC5)n3)cc2)CC1. The standard InChI is InChI=1S/C32H32N6O3/c1-21-19-34-32(35-25-7-9-26(10-8-25)37-15-12-27(40-2)13-16-37)36-30(21)28-17-24-11-14-38(20-29(24)41-28)31(39)23-5-3-22(18-33)4-6-23/h3-10,17,19,27H,11-16,20H2,1-2H3,(H,34,35,36). The quantitative estimate of drug-likeness (QED) is 0.338. The smallest absolute Gasteiger partial charge is 0.254 e. The van der Waals surface area contributed by atoms with Gasteiger partial charge in [0.15, 0.2) is 5.76 Å². The number of ether oxygens (including phenoxy) is 1. The van der Waals surface area contributed by atoms with Gasteiger partial charge in [-0.3, -0.25) is 4.79 Å². The number of fused-ring (bicyclic) bond motifs is 1. The summed E-state index contributed by atoms with van der Waals surface area (Å²) < 4.78 is 11.8. The topological polar surface area (TPSA) is 108 Å². The molecule has 2 aliphatic rings. The first-order valence-electron chi connectivity index (χ1n) is 13.9. The summed E-state index contributed by atoms with van der Waals surface area (Å²) in [5.41, 5.74) is 5.91. The van der Waals surface area contributed by atoms with E-state index in [1.165, 1.54) is 5.69 Å². The van der Waals surface area contributed by atoms with E-state index in [1.54, 1.807) is 42.5 Å². The predicted molar refractivity (Wildman–Crippen MR) is 156 cm³/mol.